The first-order valence-electron chi connectivity index (χ1n) is 9.64. The molecule has 1 heterocycles. The predicted octanol–water partition coefficient (Wildman–Crippen LogP) is 4.47. The number of thioether (sulfide) groups is 1. The third kappa shape index (κ3) is 5.26. The molecule has 0 saturated carbocycles. The maximum Gasteiger partial charge on any atom is 0.308 e. The highest BCUT2D eigenvalue weighted by molar-refractivity contribution is 8.00. The lowest BCUT2D eigenvalue weighted by atomic mass is 9.90. The van der Waals surface area contributed by atoms with Gasteiger partial charge in [0.15, 0.2) is 0 Å². The summed E-state index contributed by atoms with van der Waals surface area (Å²) in [7, 11) is -2.39. The molecule has 1 aliphatic heterocycles. The van der Waals surface area contributed by atoms with Crippen molar-refractivity contribution in [1.29, 1.82) is 0 Å². The van der Waals surface area contributed by atoms with E-state index in [1.165, 1.54) is 40.3 Å². The Morgan fingerprint density at radius 1 is 1.26 bits per heavy atom. The van der Waals surface area contributed by atoms with Gasteiger partial charge in [0.05, 0.1) is 24.0 Å². The quantitative estimate of drug-likeness (QED) is 0.560. The maximum absolute atomic E-state index is 13.5. The van der Waals surface area contributed by atoms with E-state index in [9.17, 15) is 18.3 Å². The van der Waals surface area contributed by atoms with Crippen LogP contribution in [0.1, 0.15) is 18.0 Å². The Morgan fingerprint density at radius 2 is 1.90 bits per heavy atom. The van der Waals surface area contributed by atoms with E-state index >= 15 is 0 Å². The van der Waals surface area contributed by atoms with Gasteiger partial charge in [-0.05, 0) is 48.4 Å². The molecule has 2 aromatic carbocycles. The number of rotatable bonds is 8. The molecule has 0 spiro atoms. The number of piperidine rings is 1. The van der Waals surface area contributed by atoms with Crippen LogP contribution in [-0.4, -0.2) is 48.5 Å². The van der Waals surface area contributed by atoms with Gasteiger partial charge in [0, 0.05) is 22.6 Å². The van der Waals surface area contributed by atoms with Crippen LogP contribution in [0.4, 0.5) is 0 Å². The molecule has 1 saturated heterocycles. The zero-order valence-corrected chi connectivity index (χ0v) is 19.4. The number of nitrogens with zero attached hydrogens (tertiary/aromatic N) is 1. The van der Waals surface area contributed by atoms with Crippen molar-refractivity contribution in [2.45, 2.75) is 22.6 Å². The van der Waals surface area contributed by atoms with Crippen molar-refractivity contribution in [3.63, 3.8) is 0 Å². The molecule has 0 radical (unpaired) electrons. The number of halogens is 1. The molecule has 0 aromatic heterocycles. The van der Waals surface area contributed by atoms with Crippen LogP contribution in [-0.2, 0) is 14.8 Å². The minimum atomic E-state index is -3.95. The van der Waals surface area contributed by atoms with E-state index in [0.717, 1.165) is 5.56 Å². The van der Waals surface area contributed by atoms with Gasteiger partial charge in [-0.1, -0.05) is 29.8 Å². The molecule has 2 aromatic rings. The van der Waals surface area contributed by atoms with Crippen LogP contribution in [0.5, 0.6) is 5.75 Å². The monoisotopic (exact) mass is 481 g/mol. The summed E-state index contributed by atoms with van der Waals surface area (Å²) < 4.78 is 33.6. The topological polar surface area (TPSA) is 83.9 Å². The van der Waals surface area contributed by atoms with Gasteiger partial charge in [0.25, 0.3) is 0 Å². The fraction of sp³-hybridized carbons (Fsp3) is 0.318. The number of benzene rings is 2. The number of hydrogen-bond donors (Lipinski definition) is 1. The number of carboxylic acids is 1. The van der Waals surface area contributed by atoms with Crippen molar-refractivity contribution < 1.29 is 23.1 Å². The number of carboxylic acid groups (broad SMARTS) is 1. The van der Waals surface area contributed by atoms with E-state index in [1.807, 2.05) is 12.1 Å². The van der Waals surface area contributed by atoms with E-state index in [-0.39, 0.29) is 16.7 Å². The number of aliphatic carboxylic acids is 1. The Balaban J connectivity index is 2.05. The van der Waals surface area contributed by atoms with Crippen LogP contribution in [0.25, 0.3) is 0 Å². The predicted molar refractivity (Wildman–Crippen MR) is 123 cm³/mol. The van der Waals surface area contributed by atoms with E-state index in [0.29, 0.717) is 22.9 Å². The van der Waals surface area contributed by atoms with Gasteiger partial charge in [-0.3, -0.25) is 4.79 Å². The molecular formula is C22H24ClNO5S2. The van der Waals surface area contributed by atoms with Crippen LogP contribution < -0.4 is 4.74 Å². The lowest BCUT2D eigenvalue weighted by Crippen LogP contribution is -2.49. The van der Waals surface area contributed by atoms with Gasteiger partial charge in [-0.15, -0.1) is 6.58 Å². The number of ether oxygens (including phenoxy) is 1. The number of hydrogen-bond acceptors (Lipinski definition) is 5. The smallest absolute Gasteiger partial charge is 0.308 e. The van der Waals surface area contributed by atoms with Crippen molar-refractivity contribution in [3.05, 3.63) is 71.8 Å². The minimum Gasteiger partial charge on any atom is -0.497 e. The molecule has 0 bridgehead atoms. The summed E-state index contributed by atoms with van der Waals surface area (Å²) in [5.41, 5.74) is 0.784. The highest BCUT2D eigenvalue weighted by Crippen LogP contribution is 2.42. The number of methoxy groups -OCH3 is 1. The summed E-state index contributed by atoms with van der Waals surface area (Å²) in [6.45, 7) is 3.59. The van der Waals surface area contributed by atoms with Crippen molar-refractivity contribution >= 4 is 39.4 Å². The van der Waals surface area contributed by atoms with Gasteiger partial charge in [0.1, 0.15) is 5.75 Å². The van der Waals surface area contributed by atoms with Crippen LogP contribution in [0.2, 0.25) is 5.02 Å². The lowest BCUT2D eigenvalue weighted by Gasteiger charge is -2.41. The summed E-state index contributed by atoms with van der Waals surface area (Å²) in [5.74, 6) is -0.589. The molecule has 9 heteroatoms. The molecule has 6 nitrogen and oxygen atoms in total. The largest absolute Gasteiger partial charge is 0.497 e. The first kappa shape index (κ1) is 23.7. The van der Waals surface area contributed by atoms with Crippen LogP contribution in [0.15, 0.2) is 66.1 Å². The van der Waals surface area contributed by atoms with E-state index in [1.54, 1.807) is 25.3 Å². The first-order valence-corrected chi connectivity index (χ1v) is 12.5. The third-order valence-electron chi connectivity index (χ3n) is 5.29. The molecule has 3 atom stereocenters. The molecule has 0 aliphatic carbocycles. The van der Waals surface area contributed by atoms with Gasteiger partial charge in [-0.2, -0.15) is 16.1 Å². The van der Waals surface area contributed by atoms with Crippen LogP contribution in [0, 0.1) is 5.92 Å². The Bertz CT molecular complexity index is 1020. The second kappa shape index (κ2) is 10.1. The highest BCUT2D eigenvalue weighted by Gasteiger charge is 2.45. The van der Waals surface area contributed by atoms with Gasteiger partial charge in [0.2, 0.25) is 10.0 Å². The van der Waals surface area contributed by atoms with Crippen molar-refractivity contribution in [2.24, 2.45) is 5.92 Å². The zero-order chi connectivity index (χ0) is 22.6. The first-order chi connectivity index (χ1) is 14.8. The normalized spacial score (nSPS) is 22.1. The van der Waals surface area contributed by atoms with E-state index in [4.69, 9.17) is 16.3 Å². The summed E-state index contributed by atoms with van der Waals surface area (Å²) in [4.78, 5) is 12.1. The summed E-state index contributed by atoms with van der Waals surface area (Å²) in [6.07, 6.45) is 2.09. The van der Waals surface area contributed by atoms with Crippen LogP contribution in [0.3, 0.4) is 0 Å². The molecule has 1 fully saturated rings. The second-order valence-corrected chi connectivity index (χ2v) is 10.8. The molecular weight excluding hydrogens is 458 g/mol. The zero-order valence-electron chi connectivity index (χ0n) is 17.0. The van der Waals surface area contributed by atoms with Crippen molar-refractivity contribution in [3.8, 4) is 5.75 Å². The van der Waals surface area contributed by atoms with Gasteiger partial charge < -0.3 is 9.84 Å². The summed E-state index contributed by atoms with van der Waals surface area (Å²) in [6, 6.07) is 12.6. The molecule has 1 aliphatic rings. The minimum absolute atomic E-state index is 0.0803. The summed E-state index contributed by atoms with van der Waals surface area (Å²) >= 11 is 7.41. The third-order valence-corrected chi connectivity index (χ3v) is 8.81. The SMILES string of the molecule is C=CCS[C@@H]1C[C@@H](c2ccc(OC)cc2)N(S(=O)(=O)c2ccc(Cl)cc2)C[C@H]1C(=O)O. The van der Waals surface area contributed by atoms with Gasteiger partial charge >= 0.3 is 5.97 Å². The maximum atomic E-state index is 13.5. The van der Waals surface area contributed by atoms with Gasteiger partial charge in [-0.25, -0.2) is 8.42 Å². The lowest BCUT2D eigenvalue weighted by molar-refractivity contribution is -0.143. The average molecular weight is 482 g/mol. The standard InChI is InChI=1S/C22H24ClNO5S2/c1-3-12-30-21-13-20(15-4-8-17(29-2)9-5-15)24(14-19(21)22(25)26)31(27,28)18-10-6-16(23)7-11-18/h3-11,19-21H,1,12-14H2,2H3,(H,25,26)/t19-,20+,21-/m1/s1. The van der Waals surface area contributed by atoms with Crippen molar-refractivity contribution in [2.75, 3.05) is 19.4 Å². The Hall–Kier alpha value is -2.00. The number of sulfonamides is 1. The Kier molecular flexibility index (Phi) is 7.69. The van der Waals surface area contributed by atoms with Crippen LogP contribution >= 0.6 is 23.4 Å². The Morgan fingerprint density at radius 3 is 2.45 bits per heavy atom. The average Bonchev–Trinajstić information content (AvgIpc) is 2.77. The molecule has 1 N–H and O–H groups in total. The molecule has 31 heavy (non-hydrogen) atoms. The molecule has 3 rings (SSSR count). The highest BCUT2D eigenvalue weighted by atomic mass is 35.5. The molecule has 0 amide bonds. The van der Waals surface area contributed by atoms with E-state index in [2.05, 4.69) is 6.58 Å². The Labute approximate surface area is 191 Å². The second-order valence-electron chi connectivity index (χ2n) is 7.16. The van der Waals surface area contributed by atoms with Crippen molar-refractivity contribution in [1.82, 2.24) is 4.31 Å². The number of carbonyl (C=O) groups is 1. The van der Waals surface area contributed by atoms with E-state index < -0.39 is 28.0 Å². The fourth-order valence-corrected chi connectivity index (χ4v) is 6.60. The molecule has 0 unspecified atom stereocenters. The summed E-state index contributed by atoms with van der Waals surface area (Å²) in [5, 5.41) is 10.0. The molecule has 166 valence electrons. The fourth-order valence-electron chi connectivity index (χ4n) is 3.69.